The van der Waals surface area contributed by atoms with Gasteiger partial charge in [0.15, 0.2) is 0 Å². The molecule has 1 aliphatic heterocycles. The fraction of sp³-hybridized carbons (Fsp3) is 0.643. The summed E-state index contributed by atoms with van der Waals surface area (Å²) < 4.78 is 5.11. The molecule has 0 bridgehead atoms. The summed E-state index contributed by atoms with van der Waals surface area (Å²) >= 11 is 0. The fourth-order valence-electron chi connectivity index (χ4n) is 2.09. The Kier molecular flexibility index (Phi) is 6.50. The molecule has 0 spiro atoms. The van der Waals surface area contributed by atoms with Crippen molar-refractivity contribution in [2.75, 3.05) is 26.2 Å². The first-order valence-corrected chi connectivity index (χ1v) is 6.70. The van der Waals surface area contributed by atoms with Crippen LogP contribution in [0, 0.1) is 0 Å². The van der Waals surface area contributed by atoms with Crippen molar-refractivity contribution in [2.24, 2.45) is 5.73 Å². The fourth-order valence-corrected chi connectivity index (χ4v) is 2.09. The lowest BCUT2D eigenvalue weighted by atomic mass is 10.1. The van der Waals surface area contributed by atoms with Crippen LogP contribution >= 0.6 is 0 Å². The van der Waals surface area contributed by atoms with Crippen LogP contribution in [0.3, 0.4) is 0 Å². The van der Waals surface area contributed by atoms with Crippen LogP contribution in [-0.2, 0) is 9.53 Å². The molecule has 0 radical (unpaired) electrons. The molecule has 0 saturated heterocycles. The maximum absolute atomic E-state index is 12.0. The highest BCUT2D eigenvalue weighted by atomic mass is 16.5. The molecule has 18 heavy (non-hydrogen) atoms. The summed E-state index contributed by atoms with van der Waals surface area (Å²) in [6, 6.07) is 0. The van der Waals surface area contributed by atoms with E-state index in [1.165, 1.54) is 0 Å². The first kappa shape index (κ1) is 14.8. The standard InChI is InChI=1S/C14H24N2O2/c1-3-18-14(17)13-11-12(2)7-5-4-6-9-16(13)10-8-15/h11H,2-10,15H2,1H3/b13-11-. The van der Waals surface area contributed by atoms with Crippen LogP contribution in [0.1, 0.15) is 32.6 Å². The molecule has 0 amide bonds. The van der Waals surface area contributed by atoms with E-state index in [2.05, 4.69) is 6.58 Å². The van der Waals surface area contributed by atoms with Gasteiger partial charge in [0.25, 0.3) is 0 Å². The second-order valence-electron chi connectivity index (χ2n) is 4.49. The lowest BCUT2D eigenvalue weighted by Crippen LogP contribution is -2.34. The van der Waals surface area contributed by atoms with Gasteiger partial charge in [-0.3, -0.25) is 0 Å². The number of ether oxygens (including phenoxy) is 1. The van der Waals surface area contributed by atoms with Gasteiger partial charge in [-0.2, -0.15) is 0 Å². The van der Waals surface area contributed by atoms with Crippen LogP contribution in [0.4, 0.5) is 0 Å². The molecule has 0 unspecified atom stereocenters. The van der Waals surface area contributed by atoms with E-state index >= 15 is 0 Å². The predicted octanol–water partition coefficient (Wildman–Crippen LogP) is 1.82. The number of allylic oxidation sites excluding steroid dienone is 2. The molecule has 1 heterocycles. The van der Waals surface area contributed by atoms with Gasteiger partial charge >= 0.3 is 5.97 Å². The minimum atomic E-state index is -0.269. The Hall–Kier alpha value is -1.29. The quantitative estimate of drug-likeness (QED) is 0.775. The number of nitrogens with two attached hydrogens (primary N) is 1. The monoisotopic (exact) mass is 252 g/mol. The highest BCUT2D eigenvalue weighted by molar-refractivity contribution is 5.88. The highest BCUT2D eigenvalue weighted by Gasteiger charge is 2.19. The van der Waals surface area contributed by atoms with Crippen LogP contribution < -0.4 is 5.73 Å². The van der Waals surface area contributed by atoms with E-state index in [4.69, 9.17) is 10.5 Å². The van der Waals surface area contributed by atoms with Crippen molar-refractivity contribution < 1.29 is 9.53 Å². The summed E-state index contributed by atoms with van der Waals surface area (Å²) in [5, 5.41) is 0. The zero-order valence-corrected chi connectivity index (χ0v) is 11.3. The van der Waals surface area contributed by atoms with E-state index in [9.17, 15) is 4.79 Å². The van der Waals surface area contributed by atoms with Crippen LogP contribution in [0.5, 0.6) is 0 Å². The van der Waals surface area contributed by atoms with E-state index < -0.39 is 0 Å². The summed E-state index contributed by atoms with van der Waals surface area (Å²) in [7, 11) is 0. The predicted molar refractivity (Wildman–Crippen MR) is 73.0 cm³/mol. The third-order valence-electron chi connectivity index (χ3n) is 2.99. The van der Waals surface area contributed by atoms with E-state index in [0.29, 0.717) is 25.4 Å². The van der Waals surface area contributed by atoms with Gasteiger partial charge in [-0.05, 0) is 32.3 Å². The summed E-state index contributed by atoms with van der Waals surface area (Å²) in [5.41, 5.74) is 7.21. The molecule has 1 aliphatic rings. The molecule has 0 saturated carbocycles. The van der Waals surface area contributed by atoms with E-state index in [-0.39, 0.29) is 5.97 Å². The third kappa shape index (κ3) is 4.53. The van der Waals surface area contributed by atoms with Gasteiger partial charge in [0.2, 0.25) is 0 Å². The molecule has 0 atom stereocenters. The highest BCUT2D eigenvalue weighted by Crippen LogP contribution is 2.18. The molecule has 0 aromatic carbocycles. The van der Waals surface area contributed by atoms with Gasteiger partial charge in [-0.15, -0.1) is 0 Å². The molecule has 2 N–H and O–H groups in total. The SMILES string of the molecule is C=C1/C=C(/C(=O)OCC)N(CCN)CCCCC1. The largest absolute Gasteiger partial charge is 0.461 e. The van der Waals surface area contributed by atoms with Crippen LogP contribution in [0.15, 0.2) is 23.9 Å². The van der Waals surface area contributed by atoms with Crippen molar-refractivity contribution in [3.8, 4) is 0 Å². The Morgan fingerprint density at radius 2 is 2.28 bits per heavy atom. The number of carbonyl (C=O) groups excluding carboxylic acids is 1. The molecule has 0 aromatic heterocycles. The first-order valence-electron chi connectivity index (χ1n) is 6.70. The van der Waals surface area contributed by atoms with Gasteiger partial charge in [0, 0.05) is 19.6 Å². The smallest absolute Gasteiger partial charge is 0.354 e. The number of rotatable bonds is 4. The number of nitrogens with zero attached hydrogens (tertiary/aromatic N) is 1. The van der Waals surface area contributed by atoms with Gasteiger partial charge < -0.3 is 15.4 Å². The Morgan fingerprint density at radius 3 is 2.94 bits per heavy atom. The Morgan fingerprint density at radius 1 is 1.50 bits per heavy atom. The van der Waals surface area contributed by atoms with Gasteiger partial charge in [0.1, 0.15) is 5.70 Å². The molecular formula is C14H24N2O2. The van der Waals surface area contributed by atoms with Crippen molar-refractivity contribution in [3.05, 3.63) is 23.9 Å². The van der Waals surface area contributed by atoms with Crippen molar-refractivity contribution in [3.63, 3.8) is 0 Å². The second-order valence-corrected chi connectivity index (χ2v) is 4.49. The Balaban J connectivity index is 2.91. The first-order chi connectivity index (χ1) is 8.69. The zero-order valence-electron chi connectivity index (χ0n) is 11.3. The number of hydrogen-bond acceptors (Lipinski definition) is 4. The normalized spacial score (nSPS) is 20.4. The molecule has 0 fully saturated rings. The Bertz CT molecular complexity index is 324. The molecule has 0 aromatic rings. The second kappa shape index (κ2) is 7.93. The van der Waals surface area contributed by atoms with E-state index in [1.54, 1.807) is 0 Å². The molecule has 102 valence electrons. The summed E-state index contributed by atoms with van der Waals surface area (Å²) in [4.78, 5) is 14.0. The molecule has 4 nitrogen and oxygen atoms in total. The summed E-state index contributed by atoms with van der Waals surface area (Å²) in [6.07, 6.45) is 6.16. The van der Waals surface area contributed by atoms with Crippen molar-refractivity contribution in [1.29, 1.82) is 0 Å². The summed E-state index contributed by atoms with van der Waals surface area (Å²) in [6.45, 7) is 8.27. The van der Waals surface area contributed by atoms with Gasteiger partial charge in [-0.1, -0.05) is 18.6 Å². The van der Waals surface area contributed by atoms with E-state index in [1.807, 2.05) is 17.9 Å². The average molecular weight is 252 g/mol. The van der Waals surface area contributed by atoms with E-state index in [0.717, 1.165) is 37.8 Å². The molecule has 1 rings (SSSR count). The maximum Gasteiger partial charge on any atom is 0.354 e. The molecule has 0 aliphatic carbocycles. The van der Waals surface area contributed by atoms with Gasteiger partial charge in [-0.25, -0.2) is 4.79 Å². The van der Waals surface area contributed by atoms with Crippen molar-refractivity contribution >= 4 is 5.97 Å². The summed E-state index contributed by atoms with van der Waals surface area (Å²) in [5.74, 6) is -0.269. The van der Waals surface area contributed by atoms with Crippen molar-refractivity contribution in [2.45, 2.75) is 32.6 Å². The van der Waals surface area contributed by atoms with Crippen LogP contribution in [0.2, 0.25) is 0 Å². The van der Waals surface area contributed by atoms with Crippen molar-refractivity contribution in [1.82, 2.24) is 4.90 Å². The minimum absolute atomic E-state index is 0.269. The maximum atomic E-state index is 12.0. The molecular weight excluding hydrogens is 228 g/mol. The lowest BCUT2D eigenvalue weighted by molar-refractivity contribution is -0.140. The molecule has 4 heteroatoms. The number of esters is 1. The Labute approximate surface area is 109 Å². The third-order valence-corrected chi connectivity index (χ3v) is 2.99. The topological polar surface area (TPSA) is 55.6 Å². The van der Waals surface area contributed by atoms with Crippen LogP contribution in [-0.4, -0.2) is 37.1 Å². The number of hydrogen-bond donors (Lipinski definition) is 1. The lowest BCUT2D eigenvalue weighted by Gasteiger charge is -2.25. The minimum Gasteiger partial charge on any atom is -0.461 e. The van der Waals surface area contributed by atoms with Crippen LogP contribution in [0.25, 0.3) is 0 Å². The zero-order chi connectivity index (χ0) is 13.4. The van der Waals surface area contributed by atoms with Gasteiger partial charge in [0.05, 0.1) is 6.61 Å². The average Bonchev–Trinajstić information content (AvgIpc) is 2.42. The number of carbonyl (C=O) groups is 1.